The van der Waals surface area contributed by atoms with Crippen LogP contribution >= 0.6 is 11.6 Å². The van der Waals surface area contributed by atoms with Crippen LogP contribution in [0.5, 0.6) is 5.75 Å². The Bertz CT molecular complexity index is 1930. The van der Waals surface area contributed by atoms with Crippen molar-refractivity contribution in [2.45, 2.75) is 44.9 Å². The average molecular weight is 697 g/mol. The molecule has 2 heterocycles. The Morgan fingerprint density at radius 1 is 0.940 bits per heavy atom. The molecule has 1 saturated heterocycles. The Morgan fingerprint density at radius 2 is 1.66 bits per heavy atom. The van der Waals surface area contributed by atoms with Crippen LogP contribution in [0.2, 0.25) is 5.02 Å². The fourth-order valence-electron chi connectivity index (χ4n) is 5.84. The Labute approximate surface area is 294 Å². The molecule has 0 bridgehead atoms. The molecule has 5 rings (SSSR count). The van der Waals surface area contributed by atoms with Gasteiger partial charge in [-0.25, -0.2) is 4.79 Å². The lowest BCUT2D eigenvalue weighted by Gasteiger charge is -2.25. The fraction of sp³-hybridized carbons (Fsp3) is 0.289. The van der Waals surface area contributed by atoms with Crippen molar-refractivity contribution in [1.82, 2.24) is 9.47 Å². The number of esters is 2. The quantitative estimate of drug-likeness (QED) is 0.167. The molecule has 50 heavy (non-hydrogen) atoms. The van der Waals surface area contributed by atoms with Crippen LogP contribution in [0.1, 0.15) is 53.7 Å². The summed E-state index contributed by atoms with van der Waals surface area (Å²) in [7, 11) is 1.43. The Morgan fingerprint density at radius 3 is 2.32 bits per heavy atom. The van der Waals surface area contributed by atoms with Crippen molar-refractivity contribution in [3.63, 3.8) is 0 Å². The summed E-state index contributed by atoms with van der Waals surface area (Å²) in [5.41, 5.74) is 2.16. The van der Waals surface area contributed by atoms with Gasteiger partial charge in [-0.05, 0) is 80.4 Å². The maximum absolute atomic E-state index is 13.4. The van der Waals surface area contributed by atoms with Crippen molar-refractivity contribution < 1.29 is 28.6 Å². The molecular weight excluding hydrogens is 660 g/mol. The van der Waals surface area contributed by atoms with E-state index in [1.54, 1.807) is 37.3 Å². The van der Waals surface area contributed by atoms with E-state index in [2.05, 4.69) is 11.4 Å². The second-order valence-electron chi connectivity index (χ2n) is 11.7. The fourth-order valence-corrected chi connectivity index (χ4v) is 6.02. The molecule has 1 aliphatic heterocycles. The summed E-state index contributed by atoms with van der Waals surface area (Å²) in [4.78, 5) is 54.7. The molecule has 1 aromatic heterocycles. The lowest BCUT2D eigenvalue weighted by Crippen LogP contribution is -2.44. The number of anilines is 1. The molecule has 2 unspecified atom stereocenters. The normalized spacial score (nSPS) is 13.9. The highest BCUT2D eigenvalue weighted by molar-refractivity contribution is 6.31. The summed E-state index contributed by atoms with van der Waals surface area (Å²) in [5, 5.41) is 12.8. The van der Waals surface area contributed by atoms with E-state index in [0.717, 1.165) is 18.4 Å². The summed E-state index contributed by atoms with van der Waals surface area (Å²) in [5.74, 6) is -1.24. The van der Waals surface area contributed by atoms with Crippen LogP contribution in [-0.4, -0.2) is 60.2 Å². The van der Waals surface area contributed by atoms with Gasteiger partial charge in [0.2, 0.25) is 5.91 Å². The van der Waals surface area contributed by atoms with E-state index in [-0.39, 0.29) is 30.9 Å². The van der Waals surface area contributed by atoms with Crippen LogP contribution in [0, 0.1) is 11.3 Å². The zero-order valence-electron chi connectivity index (χ0n) is 27.8. The average Bonchev–Trinajstić information content (AvgIpc) is 3.67. The van der Waals surface area contributed by atoms with Gasteiger partial charge in [0.1, 0.15) is 31.0 Å². The number of aromatic nitrogens is 1. The van der Waals surface area contributed by atoms with Gasteiger partial charge in [-0.15, -0.1) is 0 Å². The highest BCUT2D eigenvalue weighted by Gasteiger charge is 2.31. The largest absolute Gasteiger partial charge is 0.495 e. The number of hydrogen-bond acceptors (Lipinski definition) is 9. The van der Waals surface area contributed by atoms with E-state index in [4.69, 9.17) is 25.8 Å². The number of hydrogen-bond donors (Lipinski definition) is 1. The van der Waals surface area contributed by atoms with Gasteiger partial charge in [-0.2, -0.15) is 5.26 Å². The van der Waals surface area contributed by atoms with Gasteiger partial charge in [0.05, 0.1) is 30.5 Å². The van der Waals surface area contributed by atoms with Crippen molar-refractivity contribution in [3.8, 4) is 22.9 Å². The van der Waals surface area contributed by atoms with E-state index in [1.165, 1.54) is 36.1 Å². The number of likely N-dealkylation sites (tertiary alicyclic amines) is 1. The van der Waals surface area contributed by atoms with Crippen molar-refractivity contribution in [1.29, 1.82) is 5.26 Å². The molecule has 2 atom stereocenters. The second kappa shape index (κ2) is 16.8. The van der Waals surface area contributed by atoms with Crippen LogP contribution < -0.4 is 15.6 Å². The lowest BCUT2D eigenvalue weighted by atomic mass is 10.00. The molecule has 1 aliphatic rings. The van der Waals surface area contributed by atoms with Gasteiger partial charge in [-0.1, -0.05) is 48.9 Å². The van der Waals surface area contributed by atoms with Crippen molar-refractivity contribution >= 4 is 35.1 Å². The number of carbonyl (C=O) groups is 3. The number of nitriles is 1. The summed E-state index contributed by atoms with van der Waals surface area (Å²) in [6.45, 7) is 3.17. The highest BCUT2D eigenvalue weighted by atomic mass is 35.5. The zero-order valence-corrected chi connectivity index (χ0v) is 28.5. The molecule has 1 N–H and O–H groups in total. The lowest BCUT2D eigenvalue weighted by molar-refractivity contribution is -0.152. The van der Waals surface area contributed by atoms with Crippen LogP contribution in [-0.2, 0) is 25.7 Å². The second-order valence-corrected chi connectivity index (χ2v) is 12.2. The first-order chi connectivity index (χ1) is 24.2. The Kier molecular flexibility index (Phi) is 12.0. The number of carbonyl (C=O) groups excluding carboxylic acids is 3. The molecule has 4 aromatic rings. The number of nitrogens with zero attached hydrogens (tertiary/aromatic N) is 3. The first-order valence-corrected chi connectivity index (χ1v) is 16.6. The van der Waals surface area contributed by atoms with Crippen molar-refractivity contribution in [2.75, 3.05) is 32.1 Å². The monoisotopic (exact) mass is 696 g/mol. The Hall–Kier alpha value is -5.44. The molecule has 0 radical (unpaired) electrons. The molecule has 1 fully saturated rings. The predicted molar refractivity (Wildman–Crippen MR) is 188 cm³/mol. The van der Waals surface area contributed by atoms with Gasteiger partial charge in [-0.3, -0.25) is 23.9 Å². The summed E-state index contributed by atoms with van der Waals surface area (Å²) >= 11 is 6.17. The first kappa shape index (κ1) is 35.9. The SMILES string of the molecule is CCC(C(=O)Nc1ccc(C(=O)OCC(C(=O)OCc2ccccc2)N2CCCC2)cc1)n1cc(OC)c(-c2cc(Cl)ccc2C#N)cc1=O. The van der Waals surface area contributed by atoms with E-state index in [1.807, 2.05) is 35.2 Å². The third-order valence-electron chi connectivity index (χ3n) is 8.52. The summed E-state index contributed by atoms with van der Waals surface area (Å²) < 4.78 is 18.0. The molecule has 0 spiro atoms. The van der Waals surface area contributed by atoms with E-state index in [0.29, 0.717) is 40.5 Å². The van der Waals surface area contributed by atoms with Gasteiger partial charge < -0.3 is 19.5 Å². The maximum atomic E-state index is 13.4. The van der Waals surface area contributed by atoms with E-state index in [9.17, 15) is 24.4 Å². The van der Waals surface area contributed by atoms with Crippen molar-refractivity contribution in [3.05, 3.63) is 117 Å². The summed E-state index contributed by atoms with van der Waals surface area (Å²) in [6.07, 6.45) is 3.62. The minimum atomic E-state index is -0.894. The molecule has 3 aromatic carbocycles. The van der Waals surface area contributed by atoms with Crippen LogP contribution in [0.15, 0.2) is 89.9 Å². The zero-order chi connectivity index (χ0) is 35.6. The standard InChI is InChI=1S/C38H37ClN4O7/c1-3-32(43-22-34(48-2)31(20-35(43)44)30-19-28(39)14-11-27(30)21-40)36(45)41-29-15-12-26(13-16-29)37(46)50-24-33(42-17-7-8-18-42)38(47)49-23-25-9-5-4-6-10-25/h4-6,9-16,19-20,22,32-33H,3,7-8,17-18,23-24H2,1-2H3,(H,41,45). The predicted octanol–water partition coefficient (Wildman–Crippen LogP) is 6.00. The van der Waals surface area contributed by atoms with Crippen molar-refractivity contribution in [2.24, 2.45) is 0 Å². The maximum Gasteiger partial charge on any atom is 0.338 e. The number of methoxy groups -OCH3 is 1. The molecule has 11 nitrogen and oxygen atoms in total. The number of benzene rings is 3. The molecule has 1 amide bonds. The number of pyridine rings is 1. The minimum absolute atomic E-state index is 0.129. The number of nitrogens with one attached hydrogen (secondary N) is 1. The number of halogens is 1. The molecule has 258 valence electrons. The highest BCUT2D eigenvalue weighted by Crippen LogP contribution is 2.33. The van der Waals surface area contributed by atoms with Gasteiger partial charge >= 0.3 is 11.9 Å². The van der Waals surface area contributed by atoms with E-state index >= 15 is 0 Å². The van der Waals surface area contributed by atoms with E-state index < -0.39 is 35.5 Å². The van der Waals surface area contributed by atoms with Crippen LogP contribution in [0.3, 0.4) is 0 Å². The molecule has 0 aliphatic carbocycles. The minimum Gasteiger partial charge on any atom is -0.495 e. The number of amides is 1. The smallest absolute Gasteiger partial charge is 0.338 e. The third kappa shape index (κ3) is 8.58. The Balaban J connectivity index is 1.24. The van der Waals surface area contributed by atoms with Gasteiger partial charge in [0.15, 0.2) is 0 Å². The number of ether oxygens (including phenoxy) is 3. The molecule has 0 saturated carbocycles. The summed E-state index contributed by atoms with van der Waals surface area (Å²) in [6, 6.07) is 22.0. The first-order valence-electron chi connectivity index (χ1n) is 16.2. The topological polar surface area (TPSA) is 140 Å². The van der Waals surface area contributed by atoms with Crippen LogP contribution in [0.4, 0.5) is 5.69 Å². The number of rotatable bonds is 13. The molecule has 12 heteroatoms. The van der Waals surface area contributed by atoms with Crippen LogP contribution in [0.25, 0.3) is 11.1 Å². The third-order valence-corrected chi connectivity index (χ3v) is 8.75. The molecular formula is C38H37ClN4O7. The van der Waals surface area contributed by atoms with Gasteiger partial charge in [0, 0.05) is 27.9 Å². The van der Waals surface area contributed by atoms with Gasteiger partial charge in [0.25, 0.3) is 5.56 Å².